The Hall–Kier alpha value is -1.84. The van der Waals surface area contributed by atoms with Crippen LogP contribution in [0.1, 0.15) is 69.8 Å². The molecule has 0 unspecified atom stereocenters. The lowest BCUT2D eigenvalue weighted by Gasteiger charge is -2.27. The third-order valence-corrected chi connectivity index (χ3v) is 5.29. The molecule has 143 valence electrons. The highest BCUT2D eigenvalue weighted by molar-refractivity contribution is 5.94. The summed E-state index contributed by atoms with van der Waals surface area (Å²) in [5.41, 5.74) is 2.04. The van der Waals surface area contributed by atoms with Gasteiger partial charge in [-0.1, -0.05) is 57.2 Å². The molecular weight excluding hydrogens is 326 g/mol. The number of hydrogen-bond donors (Lipinski definition) is 1. The Bertz CT molecular complexity index is 579. The fourth-order valence-corrected chi connectivity index (χ4v) is 3.88. The van der Waals surface area contributed by atoms with Crippen LogP contribution in [0.15, 0.2) is 24.3 Å². The summed E-state index contributed by atoms with van der Waals surface area (Å²) < 4.78 is 0. The summed E-state index contributed by atoms with van der Waals surface area (Å²) in [7, 11) is 0. The Morgan fingerprint density at radius 1 is 1.12 bits per heavy atom. The van der Waals surface area contributed by atoms with Crippen molar-refractivity contribution in [1.82, 2.24) is 0 Å². The number of aryl methyl sites for hydroxylation is 1. The van der Waals surface area contributed by atoms with Crippen molar-refractivity contribution in [2.24, 2.45) is 5.92 Å². The van der Waals surface area contributed by atoms with Crippen LogP contribution >= 0.6 is 0 Å². The minimum Gasteiger partial charge on any atom is -0.481 e. The van der Waals surface area contributed by atoms with E-state index in [1.165, 1.54) is 32.1 Å². The first kappa shape index (κ1) is 20.5. The Morgan fingerprint density at radius 3 is 2.54 bits per heavy atom. The number of carbonyl (C=O) groups excluding carboxylic acids is 1. The zero-order chi connectivity index (χ0) is 18.8. The van der Waals surface area contributed by atoms with Crippen LogP contribution in [0.4, 0.5) is 5.69 Å². The van der Waals surface area contributed by atoms with Gasteiger partial charge >= 0.3 is 5.97 Å². The van der Waals surface area contributed by atoms with E-state index in [9.17, 15) is 9.59 Å². The Labute approximate surface area is 157 Å². The molecule has 1 aromatic rings. The summed E-state index contributed by atoms with van der Waals surface area (Å²) in [6.45, 7) is 4.39. The summed E-state index contributed by atoms with van der Waals surface area (Å²) >= 11 is 0. The van der Waals surface area contributed by atoms with Gasteiger partial charge in [0.05, 0.1) is 0 Å². The molecule has 0 heterocycles. The van der Waals surface area contributed by atoms with E-state index >= 15 is 0 Å². The molecule has 1 amide bonds. The topological polar surface area (TPSA) is 57.6 Å². The number of carbonyl (C=O) groups is 2. The molecule has 2 rings (SSSR count). The molecule has 0 saturated heterocycles. The van der Waals surface area contributed by atoms with Crippen LogP contribution in [0, 0.1) is 12.8 Å². The van der Waals surface area contributed by atoms with Gasteiger partial charge in [0.2, 0.25) is 5.91 Å². The van der Waals surface area contributed by atoms with Gasteiger partial charge < -0.3 is 10.0 Å². The largest absolute Gasteiger partial charge is 0.481 e. The van der Waals surface area contributed by atoms with E-state index in [2.05, 4.69) is 6.92 Å². The van der Waals surface area contributed by atoms with Crippen LogP contribution in [0.5, 0.6) is 0 Å². The second kappa shape index (κ2) is 11.0. The van der Waals surface area contributed by atoms with Gasteiger partial charge in [-0.15, -0.1) is 0 Å². The Balaban J connectivity index is 2.06. The normalized spacial score (nSPS) is 15.0. The average Bonchev–Trinajstić information content (AvgIpc) is 2.65. The van der Waals surface area contributed by atoms with Crippen molar-refractivity contribution in [2.45, 2.75) is 70.6 Å². The second-order valence-electron chi connectivity index (χ2n) is 7.32. The fourth-order valence-electron chi connectivity index (χ4n) is 3.88. The number of anilines is 1. The lowest BCUT2D eigenvalue weighted by molar-refractivity contribution is -0.137. The van der Waals surface area contributed by atoms with Crippen LogP contribution < -0.4 is 4.90 Å². The van der Waals surface area contributed by atoms with Crippen molar-refractivity contribution in [3.63, 3.8) is 0 Å². The predicted octanol–water partition coefficient (Wildman–Crippen LogP) is 5.01. The zero-order valence-electron chi connectivity index (χ0n) is 15.8. The molecule has 0 bridgehead atoms. The van der Waals surface area contributed by atoms with E-state index in [4.69, 9.17) is 5.11 Å². The molecular formula is C22H32NO3. The van der Waals surface area contributed by atoms with Gasteiger partial charge in [0.15, 0.2) is 0 Å². The van der Waals surface area contributed by atoms with Crippen LogP contribution in [0.3, 0.4) is 0 Å². The second-order valence-corrected chi connectivity index (χ2v) is 7.32. The van der Waals surface area contributed by atoms with E-state index < -0.39 is 5.97 Å². The molecule has 4 nitrogen and oxygen atoms in total. The third-order valence-electron chi connectivity index (χ3n) is 5.29. The molecule has 0 spiro atoms. The Kier molecular flexibility index (Phi) is 8.66. The molecule has 0 aliphatic heterocycles. The van der Waals surface area contributed by atoms with E-state index in [0.29, 0.717) is 25.3 Å². The van der Waals surface area contributed by atoms with Crippen molar-refractivity contribution in [1.29, 1.82) is 0 Å². The summed E-state index contributed by atoms with van der Waals surface area (Å²) in [4.78, 5) is 25.7. The van der Waals surface area contributed by atoms with Crippen LogP contribution in [0.25, 0.3) is 0 Å². The van der Waals surface area contributed by atoms with Crippen molar-refractivity contribution >= 4 is 17.6 Å². The fraction of sp³-hybridized carbons (Fsp3) is 0.591. The molecule has 1 saturated carbocycles. The van der Waals surface area contributed by atoms with E-state index in [-0.39, 0.29) is 12.3 Å². The number of para-hydroxylation sites is 1. The third kappa shape index (κ3) is 6.47. The lowest BCUT2D eigenvalue weighted by atomic mass is 9.86. The molecule has 1 aliphatic rings. The highest BCUT2D eigenvalue weighted by Gasteiger charge is 2.21. The molecule has 1 aromatic carbocycles. The van der Waals surface area contributed by atoms with Crippen LogP contribution in [0.2, 0.25) is 0 Å². The monoisotopic (exact) mass is 358 g/mol. The summed E-state index contributed by atoms with van der Waals surface area (Å²) in [6.07, 6.45) is 10.0. The number of carboxylic acids is 1. The molecule has 1 aliphatic carbocycles. The quantitative estimate of drug-likeness (QED) is 0.639. The van der Waals surface area contributed by atoms with Crippen LogP contribution in [-0.2, 0) is 16.0 Å². The average molecular weight is 359 g/mol. The first-order valence-corrected chi connectivity index (χ1v) is 10.0. The SMILES string of the molecule is [CH2]CCc1ccccc1N(CCCC(=O)O)C(=O)CCC1CCCCC1. The highest BCUT2D eigenvalue weighted by Crippen LogP contribution is 2.29. The van der Waals surface area contributed by atoms with Gasteiger partial charge in [-0.05, 0) is 43.2 Å². The number of hydrogen-bond acceptors (Lipinski definition) is 2. The number of nitrogens with zero attached hydrogens (tertiary/aromatic N) is 1. The molecule has 4 heteroatoms. The Morgan fingerprint density at radius 2 is 1.85 bits per heavy atom. The zero-order valence-corrected chi connectivity index (χ0v) is 15.8. The summed E-state index contributed by atoms with van der Waals surface area (Å²) in [6, 6.07) is 7.94. The summed E-state index contributed by atoms with van der Waals surface area (Å²) in [5.74, 6) is -0.0215. The molecule has 1 fully saturated rings. The van der Waals surface area contributed by atoms with E-state index in [1.54, 1.807) is 0 Å². The smallest absolute Gasteiger partial charge is 0.303 e. The van der Waals surface area contributed by atoms with Gasteiger partial charge in [0, 0.05) is 25.1 Å². The maximum atomic E-state index is 13.0. The van der Waals surface area contributed by atoms with E-state index in [1.807, 2.05) is 29.2 Å². The maximum Gasteiger partial charge on any atom is 0.303 e. The van der Waals surface area contributed by atoms with Crippen molar-refractivity contribution in [3.05, 3.63) is 36.8 Å². The minimum absolute atomic E-state index is 0.0872. The molecule has 0 atom stereocenters. The number of amides is 1. The van der Waals surface area contributed by atoms with Crippen molar-refractivity contribution in [3.8, 4) is 0 Å². The van der Waals surface area contributed by atoms with Crippen molar-refractivity contribution < 1.29 is 14.7 Å². The molecule has 26 heavy (non-hydrogen) atoms. The van der Waals surface area contributed by atoms with Gasteiger partial charge in [0.25, 0.3) is 0 Å². The minimum atomic E-state index is -0.814. The maximum absolute atomic E-state index is 13.0. The number of aliphatic carboxylic acids is 1. The van der Waals surface area contributed by atoms with E-state index in [0.717, 1.165) is 30.5 Å². The van der Waals surface area contributed by atoms with Gasteiger partial charge in [-0.25, -0.2) is 0 Å². The first-order chi connectivity index (χ1) is 12.6. The van der Waals surface area contributed by atoms with Gasteiger partial charge in [-0.2, -0.15) is 0 Å². The molecule has 1 N–H and O–H groups in total. The highest BCUT2D eigenvalue weighted by atomic mass is 16.4. The molecule has 0 aromatic heterocycles. The number of rotatable bonds is 10. The molecule has 1 radical (unpaired) electrons. The van der Waals surface area contributed by atoms with Crippen molar-refractivity contribution in [2.75, 3.05) is 11.4 Å². The number of carboxylic acid groups (broad SMARTS) is 1. The lowest BCUT2D eigenvalue weighted by Crippen LogP contribution is -2.33. The predicted molar refractivity (Wildman–Crippen MR) is 105 cm³/mol. The van der Waals surface area contributed by atoms with Crippen LogP contribution in [-0.4, -0.2) is 23.5 Å². The standard InChI is InChI=1S/C22H32NO3/c1-2-9-19-12-6-7-13-20(19)23(17-8-14-22(25)26)21(24)16-15-18-10-4-3-5-11-18/h6-7,12-13,18H,1-5,8-11,14-17H2,(H,25,26). The number of benzene rings is 1. The van der Waals surface area contributed by atoms with Gasteiger partial charge in [0.1, 0.15) is 0 Å². The summed E-state index contributed by atoms with van der Waals surface area (Å²) in [5, 5.41) is 8.94. The first-order valence-electron chi connectivity index (χ1n) is 10.0. The van der Waals surface area contributed by atoms with Gasteiger partial charge in [-0.3, -0.25) is 9.59 Å².